The van der Waals surface area contributed by atoms with Gasteiger partial charge in [-0.15, -0.1) is 12.4 Å². The van der Waals surface area contributed by atoms with Crippen LogP contribution in [0.1, 0.15) is 36.9 Å². The van der Waals surface area contributed by atoms with Crippen molar-refractivity contribution in [2.24, 2.45) is 5.92 Å². The van der Waals surface area contributed by atoms with E-state index in [4.69, 9.17) is 4.42 Å². The van der Waals surface area contributed by atoms with E-state index in [0.29, 0.717) is 18.2 Å². The van der Waals surface area contributed by atoms with Gasteiger partial charge in [0.1, 0.15) is 6.26 Å². The summed E-state index contributed by atoms with van der Waals surface area (Å²) in [6.45, 7) is 6.05. The molecule has 1 aromatic heterocycles. The number of piperidine rings is 1. The number of rotatable bonds is 5. The quantitative estimate of drug-likeness (QED) is 0.839. The first-order valence-corrected chi connectivity index (χ1v) is 8.65. The Balaban J connectivity index is 0.00000225. The third-order valence-corrected chi connectivity index (χ3v) is 4.61. The fourth-order valence-electron chi connectivity index (χ4n) is 3.14. The van der Waals surface area contributed by atoms with Gasteiger partial charge in [0.05, 0.1) is 5.69 Å². The molecule has 0 saturated carbocycles. The topological polar surface area (TPSA) is 67.2 Å². The van der Waals surface area contributed by atoms with Crippen molar-refractivity contribution in [2.75, 3.05) is 18.4 Å². The summed E-state index contributed by atoms with van der Waals surface area (Å²) in [7, 11) is 0. The average Bonchev–Trinajstić information content (AvgIpc) is 3.02. The molecule has 1 amide bonds. The van der Waals surface area contributed by atoms with Gasteiger partial charge in [-0.2, -0.15) is 0 Å². The number of hydrogen-bond acceptors (Lipinski definition) is 4. The molecular formula is C19H26ClN3O2. The standard InChI is InChI=1S/C19H25N3O2.ClH/c1-13-3-5-16(11-17(13)19-21-14(2)12-24-19)22-18(23)6-4-15-7-9-20-10-8-15;/h3,5,11-12,15,20H,4,6-10H2,1-2H3,(H,22,23);1H. The number of amides is 1. The number of nitrogens with zero attached hydrogens (tertiary/aromatic N) is 1. The SMILES string of the molecule is Cc1coc(-c2cc(NC(=O)CCC3CCNCC3)ccc2C)n1.Cl. The molecule has 0 radical (unpaired) electrons. The number of anilines is 1. The highest BCUT2D eigenvalue weighted by molar-refractivity contribution is 5.91. The number of oxazole rings is 1. The highest BCUT2D eigenvalue weighted by Gasteiger charge is 2.15. The van der Waals surface area contributed by atoms with Crippen LogP contribution in [-0.2, 0) is 4.79 Å². The van der Waals surface area contributed by atoms with Gasteiger partial charge in [0, 0.05) is 17.7 Å². The van der Waals surface area contributed by atoms with Crippen molar-refractivity contribution in [3.63, 3.8) is 0 Å². The van der Waals surface area contributed by atoms with Crippen molar-refractivity contribution in [3.05, 3.63) is 35.7 Å². The molecule has 2 aromatic rings. The van der Waals surface area contributed by atoms with E-state index in [1.54, 1.807) is 6.26 Å². The van der Waals surface area contributed by atoms with Crippen molar-refractivity contribution in [2.45, 2.75) is 39.5 Å². The molecule has 3 rings (SSSR count). The lowest BCUT2D eigenvalue weighted by atomic mass is 9.93. The Labute approximate surface area is 155 Å². The van der Waals surface area contributed by atoms with E-state index in [-0.39, 0.29) is 18.3 Å². The molecular weight excluding hydrogens is 338 g/mol. The number of carbonyl (C=O) groups is 1. The molecule has 1 aromatic carbocycles. The molecule has 5 nitrogen and oxygen atoms in total. The monoisotopic (exact) mass is 363 g/mol. The first-order valence-electron chi connectivity index (χ1n) is 8.65. The van der Waals surface area contributed by atoms with Gasteiger partial charge < -0.3 is 15.1 Å². The molecule has 2 heterocycles. The van der Waals surface area contributed by atoms with Gasteiger partial charge in [0.2, 0.25) is 11.8 Å². The Morgan fingerprint density at radius 2 is 2.08 bits per heavy atom. The van der Waals surface area contributed by atoms with Crippen LogP contribution in [0.25, 0.3) is 11.5 Å². The predicted octanol–water partition coefficient (Wildman–Crippen LogP) is 4.10. The Kier molecular flexibility index (Phi) is 7.02. The minimum atomic E-state index is 0. The van der Waals surface area contributed by atoms with Crippen molar-refractivity contribution < 1.29 is 9.21 Å². The number of nitrogens with one attached hydrogen (secondary N) is 2. The van der Waals surface area contributed by atoms with Crippen molar-refractivity contribution >= 4 is 24.0 Å². The summed E-state index contributed by atoms with van der Waals surface area (Å²) in [4.78, 5) is 16.6. The van der Waals surface area contributed by atoms with Crippen LogP contribution in [0.3, 0.4) is 0 Å². The normalized spacial score (nSPS) is 14.8. The second kappa shape index (κ2) is 9.02. The first-order chi connectivity index (χ1) is 11.6. The largest absolute Gasteiger partial charge is 0.444 e. The highest BCUT2D eigenvalue weighted by Crippen LogP contribution is 2.26. The number of aryl methyl sites for hydroxylation is 2. The van der Waals surface area contributed by atoms with E-state index in [9.17, 15) is 4.79 Å². The lowest BCUT2D eigenvalue weighted by molar-refractivity contribution is -0.116. The minimum absolute atomic E-state index is 0. The van der Waals surface area contributed by atoms with E-state index in [1.165, 1.54) is 12.8 Å². The van der Waals surface area contributed by atoms with Gasteiger partial charge in [0.25, 0.3) is 0 Å². The molecule has 1 saturated heterocycles. The summed E-state index contributed by atoms with van der Waals surface area (Å²) in [5.41, 5.74) is 3.63. The molecule has 1 fully saturated rings. The maximum Gasteiger partial charge on any atom is 0.226 e. The summed E-state index contributed by atoms with van der Waals surface area (Å²) in [6, 6.07) is 5.84. The fraction of sp³-hybridized carbons (Fsp3) is 0.474. The Morgan fingerprint density at radius 3 is 2.76 bits per heavy atom. The molecule has 136 valence electrons. The van der Waals surface area contributed by atoms with E-state index >= 15 is 0 Å². The smallest absolute Gasteiger partial charge is 0.226 e. The highest BCUT2D eigenvalue weighted by atomic mass is 35.5. The van der Waals surface area contributed by atoms with E-state index < -0.39 is 0 Å². The molecule has 1 aliphatic heterocycles. The third kappa shape index (κ3) is 5.31. The molecule has 0 unspecified atom stereocenters. The molecule has 0 spiro atoms. The van der Waals surface area contributed by atoms with Crippen LogP contribution in [0.15, 0.2) is 28.9 Å². The Morgan fingerprint density at radius 1 is 1.32 bits per heavy atom. The first kappa shape index (κ1) is 19.5. The molecule has 0 bridgehead atoms. The molecule has 0 atom stereocenters. The van der Waals surface area contributed by atoms with Crippen molar-refractivity contribution in [1.82, 2.24) is 10.3 Å². The zero-order valence-corrected chi connectivity index (χ0v) is 15.6. The predicted molar refractivity (Wildman–Crippen MR) is 102 cm³/mol. The van der Waals surface area contributed by atoms with Crippen LogP contribution in [0, 0.1) is 19.8 Å². The molecule has 6 heteroatoms. The molecule has 2 N–H and O–H groups in total. The lowest BCUT2D eigenvalue weighted by Gasteiger charge is -2.22. The minimum Gasteiger partial charge on any atom is -0.444 e. The summed E-state index contributed by atoms with van der Waals surface area (Å²) < 4.78 is 5.49. The summed E-state index contributed by atoms with van der Waals surface area (Å²) >= 11 is 0. The Hall–Kier alpha value is -1.85. The molecule has 25 heavy (non-hydrogen) atoms. The second-order valence-corrected chi connectivity index (χ2v) is 6.60. The maximum atomic E-state index is 12.2. The molecule has 0 aliphatic carbocycles. The zero-order valence-electron chi connectivity index (χ0n) is 14.8. The number of benzene rings is 1. The van der Waals surface area contributed by atoms with Crippen LogP contribution in [0.2, 0.25) is 0 Å². The number of carbonyl (C=O) groups excluding carboxylic acids is 1. The van der Waals surface area contributed by atoms with Crippen molar-refractivity contribution in [1.29, 1.82) is 0 Å². The number of aromatic nitrogens is 1. The molecule has 1 aliphatic rings. The third-order valence-electron chi connectivity index (χ3n) is 4.61. The van der Waals surface area contributed by atoms with E-state index in [0.717, 1.165) is 42.0 Å². The van der Waals surface area contributed by atoms with E-state index in [1.807, 2.05) is 32.0 Å². The second-order valence-electron chi connectivity index (χ2n) is 6.60. The summed E-state index contributed by atoms with van der Waals surface area (Å²) in [5, 5.41) is 6.36. The lowest BCUT2D eigenvalue weighted by Crippen LogP contribution is -2.28. The maximum absolute atomic E-state index is 12.2. The van der Waals surface area contributed by atoms with Crippen LogP contribution in [0.4, 0.5) is 5.69 Å². The van der Waals surface area contributed by atoms with Gasteiger partial charge in [-0.1, -0.05) is 6.07 Å². The Bertz CT molecular complexity index is 708. The van der Waals surface area contributed by atoms with E-state index in [2.05, 4.69) is 15.6 Å². The number of hydrogen-bond donors (Lipinski definition) is 2. The van der Waals surface area contributed by atoms with Gasteiger partial charge in [0.15, 0.2) is 0 Å². The zero-order chi connectivity index (χ0) is 16.9. The summed E-state index contributed by atoms with van der Waals surface area (Å²) in [5.74, 6) is 1.34. The van der Waals surface area contributed by atoms with Crippen LogP contribution < -0.4 is 10.6 Å². The fourth-order valence-corrected chi connectivity index (χ4v) is 3.14. The van der Waals surface area contributed by atoms with Gasteiger partial charge in [-0.3, -0.25) is 4.79 Å². The van der Waals surface area contributed by atoms with Crippen LogP contribution >= 0.6 is 12.4 Å². The summed E-state index contributed by atoms with van der Waals surface area (Å²) in [6.07, 6.45) is 5.52. The van der Waals surface area contributed by atoms with Gasteiger partial charge in [-0.05, 0) is 69.8 Å². The van der Waals surface area contributed by atoms with Crippen LogP contribution in [0.5, 0.6) is 0 Å². The van der Waals surface area contributed by atoms with Gasteiger partial charge >= 0.3 is 0 Å². The average molecular weight is 364 g/mol. The number of halogens is 1. The van der Waals surface area contributed by atoms with Crippen molar-refractivity contribution in [3.8, 4) is 11.5 Å². The van der Waals surface area contributed by atoms with Gasteiger partial charge in [-0.25, -0.2) is 4.98 Å². The van der Waals surface area contributed by atoms with Crippen LogP contribution in [-0.4, -0.2) is 24.0 Å².